The van der Waals surface area contributed by atoms with E-state index < -0.39 is 4.92 Å². The number of benzene rings is 1. The molecule has 10 heteroatoms. The largest absolute Gasteiger partial charge is 0.351 e. The van der Waals surface area contributed by atoms with E-state index in [-0.39, 0.29) is 42.1 Å². The summed E-state index contributed by atoms with van der Waals surface area (Å²) in [6.07, 6.45) is 0. The van der Waals surface area contributed by atoms with Crippen molar-refractivity contribution >= 4 is 52.9 Å². The topological polar surface area (TPSA) is 99.9 Å². The van der Waals surface area contributed by atoms with Gasteiger partial charge in [-0.2, -0.15) is 0 Å². The molecule has 0 aliphatic carbocycles. The van der Waals surface area contributed by atoms with Crippen molar-refractivity contribution in [3.8, 4) is 0 Å². The Bertz CT molecular complexity index is 763. The predicted octanol–water partition coefficient (Wildman–Crippen LogP) is 2.60. The van der Waals surface area contributed by atoms with Gasteiger partial charge in [0.2, 0.25) is 5.91 Å². The van der Waals surface area contributed by atoms with Crippen molar-refractivity contribution in [2.24, 2.45) is 4.99 Å². The summed E-state index contributed by atoms with van der Waals surface area (Å²) in [5.41, 5.74) is 0.884. The maximum atomic E-state index is 11.8. The number of nitro groups is 1. The molecule has 0 unspecified atom stereocenters. The van der Waals surface area contributed by atoms with E-state index in [0.29, 0.717) is 19.0 Å². The number of non-ortho nitro benzene ring substituents is 1. The normalized spacial score (nSPS) is 10.7. The lowest BCUT2D eigenvalue weighted by molar-refractivity contribution is -0.384. The lowest BCUT2D eigenvalue weighted by Crippen LogP contribution is -2.42. The van der Waals surface area contributed by atoms with Gasteiger partial charge in [-0.05, 0) is 17.0 Å². The average molecular weight is 503 g/mol. The van der Waals surface area contributed by atoms with Crippen molar-refractivity contribution < 1.29 is 9.72 Å². The van der Waals surface area contributed by atoms with Gasteiger partial charge in [-0.1, -0.05) is 18.2 Å². The predicted molar refractivity (Wildman–Crippen MR) is 118 cm³/mol. The molecule has 0 spiro atoms. The Kier molecular flexibility index (Phi) is 9.72. The molecule has 0 atom stereocenters. The molecule has 0 saturated heterocycles. The maximum absolute atomic E-state index is 11.8. The summed E-state index contributed by atoms with van der Waals surface area (Å²) in [6, 6.07) is 10.2. The van der Waals surface area contributed by atoms with Gasteiger partial charge in [0.05, 0.1) is 24.6 Å². The fourth-order valence-electron chi connectivity index (χ4n) is 1.97. The third kappa shape index (κ3) is 7.91. The van der Waals surface area contributed by atoms with Crippen LogP contribution in [0.2, 0.25) is 0 Å². The number of hydrogen-bond acceptors (Lipinski definition) is 5. The number of nitrogens with zero attached hydrogens (tertiary/aromatic N) is 3. The molecule has 0 aliphatic rings. The van der Waals surface area contributed by atoms with Crippen LogP contribution in [0.15, 0.2) is 46.8 Å². The fraction of sp³-hybridized carbons (Fsp3) is 0.294. The van der Waals surface area contributed by atoms with Gasteiger partial charge in [0, 0.05) is 31.1 Å². The van der Waals surface area contributed by atoms with E-state index in [4.69, 9.17) is 0 Å². The minimum Gasteiger partial charge on any atom is -0.351 e. The Morgan fingerprint density at radius 1 is 1.22 bits per heavy atom. The summed E-state index contributed by atoms with van der Waals surface area (Å²) in [4.78, 5) is 29.1. The van der Waals surface area contributed by atoms with Crippen molar-refractivity contribution in [3.05, 3.63) is 62.3 Å². The lowest BCUT2D eigenvalue weighted by atomic mass is 10.2. The highest BCUT2D eigenvalue weighted by atomic mass is 127. The molecule has 146 valence electrons. The smallest absolute Gasteiger partial charge is 0.269 e. The summed E-state index contributed by atoms with van der Waals surface area (Å²) in [6.45, 7) is 1.07. The zero-order chi connectivity index (χ0) is 18.9. The molecule has 0 bridgehead atoms. The summed E-state index contributed by atoms with van der Waals surface area (Å²) < 4.78 is 0. The first kappa shape index (κ1) is 22.8. The van der Waals surface area contributed by atoms with Crippen LogP contribution in [0.4, 0.5) is 5.69 Å². The van der Waals surface area contributed by atoms with E-state index in [9.17, 15) is 14.9 Å². The molecule has 2 aromatic rings. The first-order valence-corrected chi connectivity index (χ1v) is 8.81. The van der Waals surface area contributed by atoms with Gasteiger partial charge in [-0.3, -0.25) is 14.9 Å². The first-order valence-electron chi connectivity index (χ1n) is 7.94. The number of nitro benzene ring substituents is 1. The average Bonchev–Trinajstić information content (AvgIpc) is 3.14. The van der Waals surface area contributed by atoms with E-state index >= 15 is 0 Å². The standard InChI is InChI=1S/C17H21N5O3S.HI/c1-21(2)16(23)12-20-17(19-11-15-4-3-9-26-15)18-10-13-5-7-14(8-6-13)22(24)25;/h3-9H,10-12H2,1-2H3,(H2,18,19,20);1H. The van der Waals surface area contributed by atoms with Crippen LogP contribution < -0.4 is 10.6 Å². The van der Waals surface area contributed by atoms with Crippen molar-refractivity contribution in [1.29, 1.82) is 0 Å². The zero-order valence-corrected chi connectivity index (χ0v) is 18.2. The Labute approximate surface area is 178 Å². The Hall–Kier alpha value is -2.21. The van der Waals surface area contributed by atoms with E-state index in [0.717, 1.165) is 10.4 Å². The second-order valence-electron chi connectivity index (χ2n) is 5.66. The third-order valence-corrected chi connectivity index (χ3v) is 4.36. The SMILES string of the molecule is CN(C)C(=O)CNC(=NCc1ccc([N+](=O)[O-])cc1)NCc1cccs1.I. The number of aliphatic imine (C=N–C) groups is 1. The Morgan fingerprint density at radius 2 is 1.93 bits per heavy atom. The molecule has 0 radical (unpaired) electrons. The quantitative estimate of drug-likeness (QED) is 0.199. The molecule has 2 N–H and O–H groups in total. The molecule has 0 saturated carbocycles. The monoisotopic (exact) mass is 503 g/mol. The number of guanidine groups is 1. The number of likely N-dealkylation sites (N-methyl/N-ethyl adjacent to an activating group) is 1. The van der Waals surface area contributed by atoms with Gasteiger partial charge >= 0.3 is 0 Å². The van der Waals surface area contributed by atoms with Crippen LogP contribution in [0.25, 0.3) is 0 Å². The van der Waals surface area contributed by atoms with Crippen LogP contribution >= 0.6 is 35.3 Å². The maximum Gasteiger partial charge on any atom is 0.269 e. The Balaban J connectivity index is 0.00000364. The number of carbonyl (C=O) groups excluding carboxylic acids is 1. The molecule has 2 rings (SSSR count). The minimum absolute atomic E-state index is 0. The van der Waals surface area contributed by atoms with Crippen molar-refractivity contribution in [2.75, 3.05) is 20.6 Å². The van der Waals surface area contributed by atoms with Crippen LogP contribution in [0.1, 0.15) is 10.4 Å². The summed E-state index contributed by atoms with van der Waals surface area (Å²) in [5.74, 6) is 0.443. The van der Waals surface area contributed by atoms with E-state index in [1.165, 1.54) is 17.0 Å². The van der Waals surface area contributed by atoms with Gasteiger partial charge in [-0.15, -0.1) is 35.3 Å². The molecule has 0 aliphatic heterocycles. The first-order chi connectivity index (χ1) is 12.5. The van der Waals surface area contributed by atoms with Crippen LogP contribution in [0, 0.1) is 10.1 Å². The van der Waals surface area contributed by atoms with Crippen molar-refractivity contribution in [2.45, 2.75) is 13.1 Å². The molecule has 0 fully saturated rings. The van der Waals surface area contributed by atoms with E-state index in [1.54, 1.807) is 37.6 Å². The van der Waals surface area contributed by atoms with E-state index in [2.05, 4.69) is 15.6 Å². The number of carbonyl (C=O) groups is 1. The molecular formula is C17H22IN5O3S. The number of amides is 1. The fourth-order valence-corrected chi connectivity index (χ4v) is 2.61. The number of nitrogens with one attached hydrogen (secondary N) is 2. The highest BCUT2D eigenvalue weighted by Crippen LogP contribution is 2.12. The van der Waals surface area contributed by atoms with Gasteiger partial charge in [0.25, 0.3) is 5.69 Å². The second-order valence-corrected chi connectivity index (χ2v) is 6.70. The minimum atomic E-state index is -0.435. The van der Waals surface area contributed by atoms with Gasteiger partial charge in [-0.25, -0.2) is 4.99 Å². The molecule has 1 heterocycles. The molecular weight excluding hydrogens is 481 g/mol. The van der Waals surface area contributed by atoms with Crippen LogP contribution in [0.3, 0.4) is 0 Å². The molecule has 1 aromatic carbocycles. The number of thiophene rings is 1. The molecule has 8 nitrogen and oxygen atoms in total. The van der Waals surface area contributed by atoms with Gasteiger partial charge < -0.3 is 15.5 Å². The van der Waals surface area contributed by atoms with Crippen molar-refractivity contribution in [3.63, 3.8) is 0 Å². The Morgan fingerprint density at radius 3 is 2.48 bits per heavy atom. The molecule has 27 heavy (non-hydrogen) atoms. The summed E-state index contributed by atoms with van der Waals surface area (Å²) >= 11 is 1.63. The lowest BCUT2D eigenvalue weighted by Gasteiger charge is -2.14. The number of rotatable bonds is 7. The van der Waals surface area contributed by atoms with Crippen LogP contribution in [-0.2, 0) is 17.9 Å². The highest BCUT2D eigenvalue weighted by Gasteiger charge is 2.07. The zero-order valence-electron chi connectivity index (χ0n) is 15.0. The number of hydrogen-bond donors (Lipinski definition) is 2. The molecule has 1 aromatic heterocycles. The van der Waals surface area contributed by atoms with E-state index in [1.807, 2.05) is 17.5 Å². The number of halogens is 1. The van der Waals surface area contributed by atoms with Crippen LogP contribution in [0.5, 0.6) is 0 Å². The van der Waals surface area contributed by atoms with Gasteiger partial charge in [0.1, 0.15) is 0 Å². The third-order valence-electron chi connectivity index (χ3n) is 3.48. The second kappa shape index (κ2) is 11.5. The molecule has 1 amide bonds. The van der Waals surface area contributed by atoms with Crippen LogP contribution in [-0.4, -0.2) is 42.3 Å². The summed E-state index contributed by atoms with van der Waals surface area (Å²) in [7, 11) is 3.38. The summed E-state index contributed by atoms with van der Waals surface area (Å²) in [5, 5.41) is 18.9. The highest BCUT2D eigenvalue weighted by molar-refractivity contribution is 14.0. The van der Waals surface area contributed by atoms with Crippen molar-refractivity contribution in [1.82, 2.24) is 15.5 Å². The van der Waals surface area contributed by atoms with Gasteiger partial charge in [0.15, 0.2) is 5.96 Å².